The van der Waals surface area contributed by atoms with Crippen LogP contribution in [-0.2, 0) is 49.7 Å². The van der Waals surface area contributed by atoms with E-state index >= 15 is 0 Å². The average molecular weight is 761 g/mol. The molecular weight excluding hydrogens is 720 g/mol. The number of nitrogens with one attached hydrogen (secondary N) is 2. The van der Waals surface area contributed by atoms with E-state index in [0.29, 0.717) is 16.9 Å². The van der Waals surface area contributed by atoms with E-state index in [1.54, 1.807) is 30.3 Å². The van der Waals surface area contributed by atoms with Gasteiger partial charge in [0.05, 0.1) is 12.0 Å². The normalized spacial score (nSPS) is 20.0. The quantitative estimate of drug-likeness (QED) is 0.166. The SMILES string of the molecule is O=C1COc2ccc(cc2)C[C@@H](C(=O)O)CC(=O)[C@H](Cc2cccc(F)c2)NC(=O)[C@@H](Cc2ccc(-c3ccccc3)cc2)NC(=O)[C@H](Cc2cccs2)C1. The molecule has 2 aliphatic heterocycles. The second-order valence-electron chi connectivity index (χ2n) is 13.8. The minimum atomic E-state index is -1.24. The number of carboxylic acids is 1. The summed E-state index contributed by atoms with van der Waals surface area (Å²) in [7, 11) is 0. The van der Waals surface area contributed by atoms with Gasteiger partial charge in [-0.2, -0.15) is 0 Å². The summed E-state index contributed by atoms with van der Waals surface area (Å²) in [5.74, 6) is -5.38. The molecule has 2 aliphatic rings. The van der Waals surface area contributed by atoms with Crippen LogP contribution in [0.2, 0.25) is 0 Å². The standard InChI is InChI=1S/C44H41FN2O7S/c45-35-9-4-6-30(21-35)23-39-41(49)26-34(44(52)53)20-28-13-17-37(18-14-28)54-27-36(48)24-33(25-38-10-5-19-55-38)42(50)47-40(43(51)46-39)22-29-11-15-32(16-12-29)31-7-2-1-3-8-31/h1-19,21,33-34,39-40H,20,22-27H2,(H,46,51)(H,47,50)(H,52,53)/t33-,34+,39-,40+/m0/s1. The number of hydrogen-bond donors (Lipinski definition) is 3. The summed E-state index contributed by atoms with van der Waals surface area (Å²) in [5, 5.41) is 17.7. The maximum Gasteiger partial charge on any atom is 0.307 e. The van der Waals surface area contributed by atoms with Crippen LogP contribution in [0.5, 0.6) is 5.75 Å². The Balaban J connectivity index is 1.35. The van der Waals surface area contributed by atoms with Gasteiger partial charge in [-0.25, -0.2) is 4.39 Å². The molecule has 0 saturated heterocycles. The number of thiophene rings is 1. The first-order valence-corrected chi connectivity index (χ1v) is 19.0. The van der Waals surface area contributed by atoms with Gasteiger partial charge >= 0.3 is 5.97 Å². The molecule has 4 atom stereocenters. The summed E-state index contributed by atoms with van der Waals surface area (Å²) in [6.07, 6.45) is -0.360. The van der Waals surface area contributed by atoms with E-state index in [1.165, 1.54) is 29.5 Å². The Kier molecular flexibility index (Phi) is 13.0. The fourth-order valence-electron chi connectivity index (χ4n) is 6.68. The zero-order valence-corrected chi connectivity index (χ0v) is 30.8. The van der Waals surface area contributed by atoms with Crippen LogP contribution < -0.4 is 15.4 Å². The highest BCUT2D eigenvalue weighted by molar-refractivity contribution is 7.09. The molecule has 0 fully saturated rings. The van der Waals surface area contributed by atoms with Crippen molar-refractivity contribution in [2.24, 2.45) is 11.8 Å². The number of Topliss-reactive ketones (excluding diaryl/α,β-unsaturated/α-hetero) is 2. The molecule has 4 aromatic carbocycles. The van der Waals surface area contributed by atoms with Crippen molar-refractivity contribution in [2.45, 2.75) is 50.6 Å². The first-order chi connectivity index (χ1) is 26.6. The van der Waals surface area contributed by atoms with E-state index in [0.717, 1.165) is 21.6 Å². The highest BCUT2D eigenvalue weighted by atomic mass is 32.1. The fraction of sp³-hybridized carbons (Fsp3) is 0.250. The fourth-order valence-corrected chi connectivity index (χ4v) is 7.47. The van der Waals surface area contributed by atoms with Crippen LogP contribution in [0, 0.1) is 17.7 Å². The van der Waals surface area contributed by atoms with Crippen LogP contribution in [0.4, 0.5) is 4.39 Å². The lowest BCUT2D eigenvalue weighted by Gasteiger charge is -2.26. The van der Waals surface area contributed by atoms with Gasteiger partial charge in [0.1, 0.15) is 24.2 Å². The Morgan fingerprint density at radius 3 is 2.11 bits per heavy atom. The Morgan fingerprint density at radius 1 is 0.709 bits per heavy atom. The molecule has 2 amide bonds. The number of carbonyl (C=O) groups is 5. The molecule has 55 heavy (non-hydrogen) atoms. The molecule has 3 N–H and O–H groups in total. The lowest BCUT2D eigenvalue weighted by Crippen LogP contribution is -2.54. The van der Waals surface area contributed by atoms with Crippen LogP contribution in [-0.4, -0.2) is 53.1 Å². The van der Waals surface area contributed by atoms with Crippen molar-refractivity contribution in [3.8, 4) is 16.9 Å². The Bertz CT molecular complexity index is 2100. The van der Waals surface area contributed by atoms with Gasteiger partial charge in [-0.1, -0.05) is 84.9 Å². The van der Waals surface area contributed by atoms with Crippen LogP contribution in [0.25, 0.3) is 11.1 Å². The van der Waals surface area contributed by atoms with Crippen molar-refractivity contribution in [1.29, 1.82) is 0 Å². The zero-order valence-electron chi connectivity index (χ0n) is 30.0. The second-order valence-corrected chi connectivity index (χ2v) is 14.8. The molecule has 2 bridgehead atoms. The largest absolute Gasteiger partial charge is 0.486 e. The minimum absolute atomic E-state index is 0.0168. The zero-order chi connectivity index (χ0) is 38.7. The molecule has 0 radical (unpaired) electrons. The Morgan fingerprint density at radius 2 is 1.42 bits per heavy atom. The van der Waals surface area contributed by atoms with E-state index < -0.39 is 59.7 Å². The van der Waals surface area contributed by atoms with Gasteiger partial charge in [-0.3, -0.25) is 24.0 Å². The lowest BCUT2D eigenvalue weighted by atomic mass is 9.90. The third-order valence-electron chi connectivity index (χ3n) is 9.64. The van der Waals surface area contributed by atoms with E-state index in [2.05, 4.69) is 10.6 Å². The number of fused-ring (bicyclic) bond motifs is 16. The molecule has 0 aliphatic carbocycles. The number of rotatable bonds is 8. The van der Waals surface area contributed by atoms with Crippen molar-refractivity contribution in [1.82, 2.24) is 10.6 Å². The molecule has 9 nitrogen and oxygen atoms in total. The highest BCUT2D eigenvalue weighted by Crippen LogP contribution is 2.23. The van der Waals surface area contributed by atoms with Crippen molar-refractivity contribution in [3.05, 3.63) is 148 Å². The first-order valence-electron chi connectivity index (χ1n) is 18.1. The van der Waals surface area contributed by atoms with Crippen LogP contribution in [0.15, 0.2) is 121 Å². The van der Waals surface area contributed by atoms with Gasteiger partial charge in [0.25, 0.3) is 0 Å². The van der Waals surface area contributed by atoms with Crippen LogP contribution in [0.3, 0.4) is 0 Å². The molecule has 0 unspecified atom stereocenters. The first kappa shape index (κ1) is 38.8. The molecule has 0 saturated carbocycles. The van der Waals surface area contributed by atoms with Crippen molar-refractivity contribution in [3.63, 3.8) is 0 Å². The lowest BCUT2D eigenvalue weighted by molar-refractivity contribution is -0.144. The number of ketones is 2. The number of halogens is 1. The molecular formula is C44H41FN2O7S. The molecule has 7 rings (SSSR count). The molecule has 5 aromatic rings. The predicted molar refractivity (Wildman–Crippen MR) is 207 cm³/mol. The summed E-state index contributed by atoms with van der Waals surface area (Å²) in [6.45, 7) is -0.292. The summed E-state index contributed by atoms with van der Waals surface area (Å²) < 4.78 is 20.0. The van der Waals surface area contributed by atoms with Crippen LogP contribution >= 0.6 is 11.3 Å². The topological polar surface area (TPSA) is 139 Å². The molecule has 3 heterocycles. The van der Waals surface area contributed by atoms with Gasteiger partial charge in [0, 0.05) is 30.1 Å². The molecule has 11 heteroatoms. The summed E-state index contributed by atoms with van der Waals surface area (Å²) in [6, 6.07) is 30.8. The van der Waals surface area contributed by atoms with Gasteiger partial charge in [-0.15, -0.1) is 11.3 Å². The second kappa shape index (κ2) is 18.4. The smallest absolute Gasteiger partial charge is 0.307 e. The Labute approximate surface area is 322 Å². The highest BCUT2D eigenvalue weighted by Gasteiger charge is 2.33. The number of benzene rings is 4. The maximum absolute atomic E-state index is 14.3. The number of amides is 2. The van der Waals surface area contributed by atoms with E-state index in [9.17, 15) is 33.5 Å². The number of aliphatic carboxylic acids is 1. The van der Waals surface area contributed by atoms with Gasteiger partial charge < -0.3 is 20.5 Å². The summed E-state index contributed by atoms with van der Waals surface area (Å²) in [5.41, 5.74) is 3.74. The van der Waals surface area contributed by atoms with Crippen LogP contribution in [0.1, 0.15) is 34.4 Å². The van der Waals surface area contributed by atoms with Gasteiger partial charge in [-0.05, 0) is 82.8 Å². The van der Waals surface area contributed by atoms with Gasteiger partial charge in [0.15, 0.2) is 11.6 Å². The molecule has 282 valence electrons. The number of ether oxygens (including phenoxy) is 1. The third-order valence-corrected chi connectivity index (χ3v) is 10.5. The van der Waals surface area contributed by atoms with E-state index in [4.69, 9.17) is 4.74 Å². The average Bonchev–Trinajstić information content (AvgIpc) is 3.70. The van der Waals surface area contributed by atoms with E-state index in [1.807, 2.05) is 72.1 Å². The van der Waals surface area contributed by atoms with Crippen molar-refractivity contribution < 1.29 is 38.2 Å². The monoisotopic (exact) mass is 760 g/mol. The van der Waals surface area contributed by atoms with E-state index in [-0.39, 0.29) is 44.5 Å². The minimum Gasteiger partial charge on any atom is -0.486 e. The van der Waals surface area contributed by atoms with Gasteiger partial charge in [0.2, 0.25) is 11.8 Å². The Hall–Kier alpha value is -5.94. The number of carboxylic acid groups (broad SMARTS) is 1. The number of carbonyl (C=O) groups excluding carboxylic acids is 4. The summed E-state index contributed by atoms with van der Waals surface area (Å²) >= 11 is 1.45. The van der Waals surface area contributed by atoms with Crippen molar-refractivity contribution in [2.75, 3.05) is 6.61 Å². The number of hydrogen-bond acceptors (Lipinski definition) is 7. The maximum atomic E-state index is 14.3. The van der Waals surface area contributed by atoms with Crippen molar-refractivity contribution >= 4 is 40.7 Å². The molecule has 1 aromatic heterocycles. The third kappa shape index (κ3) is 11.0. The summed E-state index contributed by atoms with van der Waals surface area (Å²) in [4.78, 5) is 69.1. The molecule has 0 spiro atoms. The predicted octanol–water partition coefficient (Wildman–Crippen LogP) is 6.42.